The number of ether oxygens (including phenoxy) is 2. The van der Waals surface area contributed by atoms with Crippen LogP contribution in [0.25, 0.3) is 0 Å². The van der Waals surface area contributed by atoms with Gasteiger partial charge in [0.2, 0.25) is 0 Å². The van der Waals surface area contributed by atoms with Crippen LogP contribution in [0.5, 0.6) is 5.75 Å². The highest BCUT2D eigenvalue weighted by molar-refractivity contribution is 5.72. The summed E-state index contributed by atoms with van der Waals surface area (Å²) in [7, 11) is 0. The number of carbonyl (C=O) groups is 1. The summed E-state index contributed by atoms with van der Waals surface area (Å²) in [6, 6.07) is 8.40. The minimum Gasteiger partial charge on any atom is -0.493 e. The molecular formula is C21H34NO3+. The Balaban J connectivity index is 1.68. The lowest BCUT2D eigenvalue weighted by Crippen LogP contribution is -3.13. The zero-order chi connectivity index (χ0) is 18.1. The first-order valence-electron chi connectivity index (χ1n) is 9.87. The molecule has 1 aromatic rings. The third kappa shape index (κ3) is 6.03. The number of nitrogens with one attached hydrogen (secondary N) is 1. The SMILES string of the molecule is CCOC(=O)C1CC[NH+](CCCOc2ccccc2[C@H](C)CC)CC1. The van der Waals surface area contributed by atoms with Crippen LogP contribution in [0.15, 0.2) is 24.3 Å². The Morgan fingerprint density at radius 1 is 1.24 bits per heavy atom. The van der Waals surface area contributed by atoms with Gasteiger partial charge in [0.05, 0.1) is 38.8 Å². The van der Waals surface area contributed by atoms with Crippen molar-refractivity contribution >= 4 is 5.97 Å². The maximum Gasteiger partial charge on any atom is 0.309 e. The van der Waals surface area contributed by atoms with Gasteiger partial charge in [-0.05, 0) is 30.9 Å². The van der Waals surface area contributed by atoms with Crippen molar-refractivity contribution in [1.82, 2.24) is 0 Å². The fourth-order valence-corrected chi connectivity index (χ4v) is 3.52. The van der Waals surface area contributed by atoms with Gasteiger partial charge in [-0.3, -0.25) is 4.79 Å². The summed E-state index contributed by atoms with van der Waals surface area (Å²) in [6.07, 6.45) is 4.08. The first-order valence-corrected chi connectivity index (χ1v) is 9.87. The van der Waals surface area contributed by atoms with Crippen LogP contribution >= 0.6 is 0 Å². The van der Waals surface area contributed by atoms with Gasteiger partial charge in [0.15, 0.2) is 0 Å². The van der Waals surface area contributed by atoms with E-state index in [1.807, 2.05) is 13.0 Å². The molecule has 0 radical (unpaired) electrons. The monoisotopic (exact) mass is 348 g/mol. The first kappa shape index (κ1) is 19.8. The van der Waals surface area contributed by atoms with Gasteiger partial charge in [-0.1, -0.05) is 32.0 Å². The van der Waals surface area contributed by atoms with Gasteiger partial charge in [0, 0.05) is 19.3 Å². The van der Waals surface area contributed by atoms with Crippen LogP contribution in [0.4, 0.5) is 0 Å². The molecule has 1 aliphatic rings. The normalized spacial score (nSPS) is 21.6. The van der Waals surface area contributed by atoms with Gasteiger partial charge < -0.3 is 14.4 Å². The Morgan fingerprint density at radius 3 is 2.64 bits per heavy atom. The standard InChI is InChI=1S/C21H33NO3/c1-4-17(3)19-9-6-7-10-20(19)25-16-8-13-22-14-11-18(12-15-22)21(23)24-5-2/h6-7,9-10,17-18H,4-5,8,11-16H2,1-3H3/p+1/t17-/m1/s1. The van der Waals surface area contributed by atoms with E-state index in [-0.39, 0.29) is 11.9 Å². The number of likely N-dealkylation sites (tertiary alicyclic amines) is 1. The lowest BCUT2D eigenvalue weighted by Gasteiger charge is -2.28. The maximum absolute atomic E-state index is 11.8. The number of carbonyl (C=O) groups excluding carboxylic acids is 1. The van der Waals surface area contributed by atoms with E-state index >= 15 is 0 Å². The summed E-state index contributed by atoms with van der Waals surface area (Å²) in [5, 5.41) is 0. The largest absolute Gasteiger partial charge is 0.493 e. The molecule has 1 atom stereocenters. The fourth-order valence-electron chi connectivity index (χ4n) is 3.52. The molecule has 0 saturated carbocycles. The van der Waals surface area contributed by atoms with Crippen LogP contribution in [0.3, 0.4) is 0 Å². The van der Waals surface area contributed by atoms with E-state index in [2.05, 4.69) is 32.0 Å². The van der Waals surface area contributed by atoms with E-state index in [0.717, 1.165) is 57.7 Å². The Morgan fingerprint density at radius 2 is 1.96 bits per heavy atom. The molecule has 1 N–H and O–H groups in total. The molecule has 140 valence electrons. The molecule has 1 aromatic carbocycles. The first-order chi connectivity index (χ1) is 12.2. The average molecular weight is 349 g/mol. The fraction of sp³-hybridized carbons (Fsp3) is 0.667. The third-order valence-corrected chi connectivity index (χ3v) is 5.31. The Kier molecular flexibility index (Phi) is 8.26. The Hall–Kier alpha value is -1.55. The minimum atomic E-state index is -0.00784. The molecule has 4 heteroatoms. The topological polar surface area (TPSA) is 40.0 Å². The van der Waals surface area contributed by atoms with Gasteiger partial charge in [-0.25, -0.2) is 0 Å². The lowest BCUT2D eigenvalue weighted by atomic mass is 9.97. The molecular weight excluding hydrogens is 314 g/mol. The van der Waals surface area contributed by atoms with Crippen LogP contribution in [0, 0.1) is 5.92 Å². The van der Waals surface area contributed by atoms with Crippen molar-refractivity contribution in [1.29, 1.82) is 0 Å². The number of benzene rings is 1. The second-order valence-corrected chi connectivity index (χ2v) is 7.08. The summed E-state index contributed by atoms with van der Waals surface area (Å²) in [4.78, 5) is 13.4. The van der Waals surface area contributed by atoms with E-state index < -0.39 is 0 Å². The predicted molar refractivity (Wildman–Crippen MR) is 100 cm³/mol. The summed E-state index contributed by atoms with van der Waals surface area (Å²) >= 11 is 0. The van der Waals surface area contributed by atoms with E-state index in [1.54, 1.807) is 4.90 Å². The number of para-hydroxylation sites is 1. The summed E-state index contributed by atoms with van der Waals surface area (Å²) in [6.45, 7) is 10.8. The molecule has 2 rings (SSSR count). The predicted octanol–water partition coefficient (Wildman–Crippen LogP) is 2.83. The molecule has 0 bridgehead atoms. The van der Waals surface area contributed by atoms with Gasteiger partial charge >= 0.3 is 5.97 Å². The third-order valence-electron chi connectivity index (χ3n) is 5.31. The van der Waals surface area contributed by atoms with Crippen molar-refractivity contribution in [3.05, 3.63) is 29.8 Å². The number of rotatable bonds is 9. The van der Waals surface area contributed by atoms with Gasteiger partial charge in [-0.15, -0.1) is 0 Å². The van der Waals surface area contributed by atoms with E-state index in [9.17, 15) is 4.79 Å². The molecule has 0 amide bonds. The Labute approximate surface area is 152 Å². The number of esters is 1. The van der Waals surface area contributed by atoms with Crippen molar-refractivity contribution < 1.29 is 19.2 Å². The van der Waals surface area contributed by atoms with Crippen LogP contribution in [0.1, 0.15) is 57.9 Å². The van der Waals surface area contributed by atoms with Gasteiger partial charge in [-0.2, -0.15) is 0 Å². The minimum absolute atomic E-state index is 0.00784. The Bertz CT molecular complexity index is 524. The molecule has 0 spiro atoms. The molecule has 25 heavy (non-hydrogen) atoms. The summed E-state index contributed by atoms with van der Waals surface area (Å²) in [5.41, 5.74) is 1.31. The molecule has 0 aromatic heterocycles. The molecule has 0 unspecified atom stereocenters. The van der Waals surface area contributed by atoms with Crippen molar-refractivity contribution in [3.8, 4) is 5.75 Å². The summed E-state index contributed by atoms with van der Waals surface area (Å²) in [5.74, 6) is 1.67. The van der Waals surface area contributed by atoms with Gasteiger partial charge in [0.25, 0.3) is 0 Å². The second kappa shape index (κ2) is 10.4. The van der Waals surface area contributed by atoms with Crippen molar-refractivity contribution in [2.75, 3.05) is 32.8 Å². The molecule has 1 heterocycles. The highest BCUT2D eigenvalue weighted by atomic mass is 16.5. The number of hydrogen-bond donors (Lipinski definition) is 1. The van der Waals surface area contributed by atoms with Crippen molar-refractivity contribution in [3.63, 3.8) is 0 Å². The molecule has 1 saturated heterocycles. The smallest absolute Gasteiger partial charge is 0.309 e. The highest BCUT2D eigenvalue weighted by Gasteiger charge is 2.28. The van der Waals surface area contributed by atoms with Crippen LogP contribution < -0.4 is 9.64 Å². The maximum atomic E-state index is 11.8. The van der Waals surface area contributed by atoms with Crippen LogP contribution in [0.2, 0.25) is 0 Å². The average Bonchev–Trinajstić information content (AvgIpc) is 2.65. The zero-order valence-corrected chi connectivity index (χ0v) is 16.1. The molecule has 0 aliphatic carbocycles. The quantitative estimate of drug-likeness (QED) is 0.551. The number of piperidine rings is 1. The molecule has 1 aliphatic heterocycles. The van der Waals surface area contributed by atoms with Crippen LogP contribution in [-0.4, -0.2) is 38.8 Å². The highest BCUT2D eigenvalue weighted by Crippen LogP contribution is 2.28. The van der Waals surface area contributed by atoms with E-state index in [1.165, 1.54) is 5.56 Å². The second-order valence-electron chi connectivity index (χ2n) is 7.08. The van der Waals surface area contributed by atoms with Crippen LogP contribution in [-0.2, 0) is 9.53 Å². The zero-order valence-electron chi connectivity index (χ0n) is 16.1. The summed E-state index contributed by atoms with van der Waals surface area (Å²) < 4.78 is 11.2. The van der Waals surface area contributed by atoms with E-state index in [4.69, 9.17) is 9.47 Å². The van der Waals surface area contributed by atoms with Crippen molar-refractivity contribution in [2.24, 2.45) is 5.92 Å². The number of hydrogen-bond acceptors (Lipinski definition) is 3. The van der Waals surface area contributed by atoms with Gasteiger partial charge in [0.1, 0.15) is 5.75 Å². The van der Waals surface area contributed by atoms with Crippen molar-refractivity contribution in [2.45, 2.75) is 52.4 Å². The molecule has 4 nitrogen and oxygen atoms in total. The van der Waals surface area contributed by atoms with E-state index in [0.29, 0.717) is 12.5 Å². The molecule has 1 fully saturated rings. The number of quaternary nitrogens is 1. The lowest BCUT2D eigenvalue weighted by molar-refractivity contribution is -0.906.